The second-order valence-corrected chi connectivity index (χ2v) is 4.89. The Bertz CT molecular complexity index is 496. The van der Waals surface area contributed by atoms with Gasteiger partial charge >= 0.3 is 0 Å². The third kappa shape index (κ3) is 4.72. The lowest BCUT2D eigenvalue weighted by molar-refractivity contribution is 0.340. The Labute approximate surface area is 115 Å². The van der Waals surface area contributed by atoms with Crippen molar-refractivity contribution in [2.24, 2.45) is 0 Å². The molecule has 0 aliphatic rings. The molecule has 0 atom stereocenters. The Hall–Kier alpha value is -1.87. The Morgan fingerprint density at radius 2 is 1.95 bits per heavy atom. The molecule has 1 N–H and O–H groups in total. The fraction of sp³-hybridized carbons (Fsp3) is 0.312. The van der Waals surface area contributed by atoms with Crippen molar-refractivity contribution >= 4 is 5.69 Å². The van der Waals surface area contributed by atoms with Crippen LogP contribution < -0.4 is 5.32 Å². The monoisotopic (exact) mass is 255 g/mol. The molecule has 19 heavy (non-hydrogen) atoms. The number of nitrogens with zero attached hydrogens (tertiary/aromatic N) is 2. The molecular weight excluding hydrogens is 234 g/mol. The zero-order chi connectivity index (χ0) is 13.5. The van der Waals surface area contributed by atoms with Crippen LogP contribution in [-0.4, -0.2) is 30.0 Å². The molecule has 3 nitrogen and oxygen atoms in total. The summed E-state index contributed by atoms with van der Waals surface area (Å²) < 4.78 is 0. The van der Waals surface area contributed by atoms with Crippen LogP contribution in [0.1, 0.15) is 11.1 Å². The number of pyridine rings is 1. The molecule has 3 heteroatoms. The Morgan fingerprint density at radius 1 is 1.16 bits per heavy atom. The molecular formula is C16H21N3. The first-order chi connectivity index (χ1) is 9.24. The molecule has 0 spiro atoms. The minimum atomic E-state index is 0.949. The zero-order valence-electron chi connectivity index (χ0n) is 11.6. The average molecular weight is 255 g/mol. The zero-order valence-corrected chi connectivity index (χ0v) is 11.6. The number of benzene rings is 1. The van der Waals surface area contributed by atoms with E-state index >= 15 is 0 Å². The van der Waals surface area contributed by atoms with Crippen LogP contribution in [0, 0.1) is 6.92 Å². The van der Waals surface area contributed by atoms with Crippen LogP contribution in [-0.2, 0) is 6.54 Å². The van der Waals surface area contributed by atoms with Gasteiger partial charge in [-0.1, -0.05) is 12.1 Å². The first-order valence-electron chi connectivity index (χ1n) is 6.62. The largest absolute Gasteiger partial charge is 0.384 e. The molecule has 1 aromatic carbocycles. The van der Waals surface area contributed by atoms with Crippen molar-refractivity contribution in [1.29, 1.82) is 0 Å². The van der Waals surface area contributed by atoms with Crippen molar-refractivity contribution in [3.05, 3.63) is 59.9 Å². The highest BCUT2D eigenvalue weighted by Crippen LogP contribution is 2.09. The summed E-state index contributed by atoms with van der Waals surface area (Å²) in [6.07, 6.45) is 3.68. The first kappa shape index (κ1) is 13.6. The maximum atomic E-state index is 4.03. The number of aryl methyl sites for hydroxylation is 1. The molecule has 0 saturated carbocycles. The molecule has 0 unspecified atom stereocenters. The lowest BCUT2D eigenvalue weighted by atomic mass is 10.2. The topological polar surface area (TPSA) is 28.2 Å². The van der Waals surface area contributed by atoms with Gasteiger partial charge in [0.25, 0.3) is 0 Å². The summed E-state index contributed by atoms with van der Waals surface area (Å²) in [5.74, 6) is 0. The van der Waals surface area contributed by atoms with Crippen LogP contribution in [0.3, 0.4) is 0 Å². The van der Waals surface area contributed by atoms with Gasteiger partial charge in [-0.15, -0.1) is 0 Å². The lowest BCUT2D eigenvalue weighted by Crippen LogP contribution is -2.24. The second-order valence-electron chi connectivity index (χ2n) is 4.89. The Kier molecular flexibility index (Phi) is 4.93. The van der Waals surface area contributed by atoms with Crippen molar-refractivity contribution in [2.75, 3.05) is 25.5 Å². The van der Waals surface area contributed by atoms with E-state index in [0.717, 1.165) is 19.6 Å². The van der Waals surface area contributed by atoms with Crippen LogP contribution in [0.25, 0.3) is 0 Å². The number of anilines is 1. The average Bonchev–Trinajstić information content (AvgIpc) is 2.40. The maximum Gasteiger partial charge on any atom is 0.0343 e. The summed E-state index contributed by atoms with van der Waals surface area (Å²) in [7, 11) is 2.14. The van der Waals surface area contributed by atoms with E-state index in [1.807, 2.05) is 12.4 Å². The van der Waals surface area contributed by atoms with E-state index in [2.05, 4.69) is 65.6 Å². The molecule has 100 valence electrons. The number of nitrogens with one attached hydrogen (secondary N) is 1. The summed E-state index contributed by atoms with van der Waals surface area (Å²) in [5.41, 5.74) is 3.78. The number of aromatic nitrogens is 1. The van der Waals surface area contributed by atoms with Gasteiger partial charge in [0, 0.05) is 37.7 Å². The highest BCUT2D eigenvalue weighted by molar-refractivity contribution is 5.45. The van der Waals surface area contributed by atoms with Crippen molar-refractivity contribution in [3.63, 3.8) is 0 Å². The van der Waals surface area contributed by atoms with E-state index in [1.165, 1.54) is 16.8 Å². The predicted molar refractivity (Wildman–Crippen MR) is 80.2 cm³/mol. The molecule has 0 aliphatic carbocycles. The number of hydrogen-bond donors (Lipinski definition) is 1. The molecule has 0 fully saturated rings. The standard InChI is InChI=1S/C16H21N3/c1-14-4-3-5-16(12-14)18-10-11-19(2)13-15-6-8-17-9-7-15/h3-9,12,18H,10-11,13H2,1-2H3. The highest BCUT2D eigenvalue weighted by Gasteiger charge is 2.00. The summed E-state index contributed by atoms with van der Waals surface area (Å²) in [6, 6.07) is 12.6. The molecule has 0 aliphatic heterocycles. The van der Waals surface area contributed by atoms with Gasteiger partial charge in [-0.2, -0.15) is 0 Å². The van der Waals surface area contributed by atoms with Crippen molar-refractivity contribution < 1.29 is 0 Å². The van der Waals surface area contributed by atoms with Crippen LogP contribution in [0.2, 0.25) is 0 Å². The van der Waals surface area contributed by atoms with Crippen LogP contribution in [0.15, 0.2) is 48.8 Å². The van der Waals surface area contributed by atoms with E-state index < -0.39 is 0 Å². The van der Waals surface area contributed by atoms with Crippen molar-refractivity contribution in [1.82, 2.24) is 9.88 Å². The molecule has 1 aromatic heterocycles. The smallest absolute Gasteiger partial charge is 0.0343 e. The van der Waals surface area contributed by atoms with E-state index in [0.29, 0.717) is 0 Å². The van der Waals surface area contributed by atoms with E-state index in [1.54, 1.807) is 0 Å². The van der Waals surface area contributed by atoms with Gasteiger partial charge in [0.1, 0.15) is 0 Å². The van der Waals surface area contributed by atoms with Crippen LogP contribution >= 0.6 is 0 Å². The highest BCUT2D eigenvalue weighted by atomic mass is 15.1. The lowest BCUT2D eigenvalue weighted by Gasteiger charge is -2.17. The van der Waals surface area contributed by atoms with E-state index in [9.17, 15) is 0 Å². The van der Waals surface area contributed by atoms with Gasteiger partial charge in [0.05, 0.1) is 0 Å². The SMILES string of the molecule is Cc1cccc(NCCN(C)Cc2ccncc2)c1. The molecule has 0 bridgehead atoms. The van der Waals surface area contributed by atoms with Crippen molar-refractivity contribution in [3.8, 4) is 0 Å². The normalized spacial score (nSPS) is 10.7. The summed E-state index contributed by atoms with van der Waals surface area (Å²) >= 11 is 0. The Balaban J connectivity index is 1.73. The van der Waals surface area contributed by atoms with Gasteiger partial charge in [0.2, 0.25) is 0 Å². The van der Waals surface area contributed by atoms with Gasteiger partial charge in [-0.25, -0.2) is 0 Å². The quantitative estimate of drug-likeness (QED) is 0.860. The van der Waals surface area contributed by atoms with Gasteiger partial charge in [0.15, 0.2) is 0 Å². The van der Waals surface area contributed by atoms with Crippen molar-refractivity contribution in [2.45, 2.75) is 13.5 Å². The molecule has 2 aromatic rings. The first-order valence-corrected chi connectivity index (χ1v) is 6.62. The van der Waals surface area contributed by atoms with Gasteiger partial charge in [-0.05, 0) is 49.4 Å². The fourth-order valence-corrected chi connectivity index (χ4v) is 2.03. The number of hydrogen-bond acceptors (Lipinski definition) is 3. The summed E-state index contributed by atoms with van der Waals surface area (Å²) in [5, 5.41) is 3.45. The maximum absolute atomic E-state index is 4.03. The third-order valence-corrected chi connectivity index (χ3v) is 3.04. The third-order valence-electron chi connectivity index (χ3n) is 3.04. The second kappa shape index (κ2) is 6.90. The van der Waals surface area contributed by atoms with Gasteiger partial charge < -0.3 is 10.2 Å². The number of rotatable bonds is 6. The minimum absolute atomic E-state index is 0.949. The molecule has 0 amide bonds. The summed E-state index contributed by atoms with van der Waals surface area (Å²) in [4.78, 5) is 6.34. The predicted octanol–water partition coefficient (Wildman–Crippen LogP) is 2.93. The fourth-order valence-electron chi connectivity index (χ4n) is 2.03. The van der Waals surface area contributed by atoms with E-state index in [-0.39, 0.29) is 0 Å². The van der Waals surface area contributed by atoms with E-state index in [4.69, 9.17) is 0 Å². The van der Waals surface area contributed by atoms with Crippen LogP contribution in [0.5, 0.6) is 0 Å². The van der Waals surface area contributed by atoms with Crippen LogP contribution in [0.4, 0.5) is 5.69 Å². The minimum Gasteiger partial charge on any atom is -0.384 e. The molecule has 2 rings (SSSR count). The molecule has 1 heterocycles. The summed E-state index contributed by atoms with van der Waals surface area (Å²) in [6.45, 7) is 5.03. The Morgan fingerprint density at radius 3 is 2.68 bits per heavy atom. The number of likely N-dealkylation sites (N-methyl/N-ethyl adjacent to an activating group) is 1. The molecule has 0 saturated heterocycles. The molecule has 0 radical (unpaired) electrons. The van der Waals surface area contributed by atoms with Gasteiger partial charge in [-0.3, -0.25) is 4.98 Å².